The Hall–Kier alpha value is -1.67. The van der Waals surface area contributed by atoms with Crippen molar-refractivity contribution < 1.29 is 9.67 Å². The van der Waals surface area contributed by atoms with Crippen LogP contribution in [0.2, 0.25) is 0 Å². The number of benzene rings is 1. The Morgan fingerprint density at radius 3 is 2.12 bits per heavy atom. The Morgan fingerprint density at radius 1 is 0.938 bits per heavy atom. The summed E-state index contributed by atoms with van der Waals surface area (Å²) in [5, 5.41) is 10.2. The fraction of sp³-hybridized carbons (Fsp3) is 0.214. The van der Waals surface area contributed by atoms with Crippen molar-refractivity contribution in [3.8, 4) is 0 Å². The molecule has 82 valence electrons. The maximum absolute atomic E-state index is 10.2. The van der Waals surface area contributed by atoms with Gasteiger partial charge < -0.3 is 5.11 Å². The number of aromatic nitrogens is 1. The van der Waals surface area contributed by atoms with Crippen molar-refractivity contribution in [1.82, 2.24) is 0 Å². The lowest BCUT2D eigenvalue weighted by Crippen LogP contribution is -2.40. The monoisotopic (exact) mass is 214 g/mol. The Morgan fingerprint density at radius 2 is 1.50 bits per heavy atom. The lowest BCUT2D eigenvalue weighted by atomic mass is 10.0. The minimum Gasteiger partial charge on any atom is -0.381 e. The van der Waals surface area contributed by atoms with Crippen LogP contribution in [0.25, 0.3) is 0 Å². The van der Waals surface area contributed by atoms with E-state index >= 15 is 0 Å². The first kappa shape index (κ1) is 10.8. The van der Waals surface area contributed by atoms with E-state index in [1.807, 2.05) is 72.4 Å². The van der Waals surface area contributed by atoms with Gasteiger partial charge in [0.2, 0.25) is 0 Å². The van der Waals surface area contributed by atoms with E-state index < -0.39 is 6.10 Å². The molecule has 0 amide bonds. The van der Waals surface area contributed by atoms with Gasteiger partial charge in [-0.1, -0.05) is 36.4 Å². The molecule has 2 heteroatoms. The molecule has 1 aromatic heterocycles. The Kier molecular flexibility index (Phi) is 3.32. The summed E-state index contributed by atoms with van der Waals surface area (Å²) in [7, 11) is 0. The van der Waals surface area contributed by atoms with Crippen molar-refractivity contribution in [3.63, 3.8) is 0 Å². The van der Waals surface area contributed by atoms with Gasteiger partial charge in [-0.15, -0.1) is 0 Å². The van der Waals surface area contributed by atoms with E-state index in [2.05, 4.69) is 0 Å². The van der Waals surface area contributed by atoms with Gasteiger partial charge in [-0.25, -0.2) is 0 Å². The molecule has 2 unspecified atom stereocenters. The van der Waals surface area contributed by atoms with Crippen LogP contribution in [0, 0.1) is 0 Å². The van der Waals surface area contributed by atoms with Crippen LogP contribution in [0.1, 0.15) is 24.6 Å². The lowest BCUT2D eigenvalue weighted by molar-refractivity contribution is -0.728. The van der Waals surface area contributed by atoms with Gasteiger partial charge in [0, 0.05) is 19.1 Å². The minimum atomic E-state index is -0.478. The molecule has 0 bridgehead atoms. The second-order valence-electron chi connectivity index (χ2n) is 3.92. The molecule has 0 radical (unpaired) electrons. The van der Waals surface area contributed by atoms with Crippen LogP contribution < -0.4 is 4.57 Å². The van der Waals surface area contributed by atoms with Gasteiger partial charge >= 0.3 is 0 Å². The number of hydrogen-bond acceptors (Lipinski definition) is 1. The smallest absolute Gasteiger partial charge is 0.185 e. The highest BCUT2D eigenvalue weighted by Gasteiger charge is 2.23. The van der Waals surface area contributed by atoms with Crippen LogP contribution in [0.3, 0.4) is 0 Å². The summed E-state index contributed by atoms with van der Waals surface area (Å²) in [6.07, 6.45) is 3.46. The maximum atomic E-state index is 10.2. The minimum absolute atomic E-state index is 0.0311. The van der Waals surface area contributed by atoms with E-state index in [-0.39, 0.29) is 6.04 Å². The van der Waals surface area contributed by atoms with E-state index in [1.165, 1.54) is 0 Å². The van der Waals surface area contributed by atoms with Crippen molar-refractivity contribution in [1.29, 1.82) is 0 Å². The van der Waals surface area contributed by atoms with Gasteiger partial charge in [-0.2, -0.15) is 4.57 Å². The third-order valence-corrected chi connectivity index (χ3v) is 2.81. The van der Waals surface area contributed by atoms with Gasteiger partial charge in [0.05, 0.1) is 0 Å². The molecule has 0 aliphatic rings. The van der Waals surface area contributed by atoms with Gasteiger partial charge in [0.15, 0.2) is 18.4 Å². The van der Waals surface area contributed by atoms with Crippen LogP contribution in [0.5, 0.6) is 0 Å². The fourth-order valence-corrected chi connectivity index (χ4v) is 1.78. The molecule has 0 fully saturated rings. The van der Waals surface area contributed by atoms with Crippen molar-refractivity contribution in [2.75, 3.05) is 0 Å². The number of aliphatic hydroxyl groups is 1. The lowest BCUT2D eigenvalue weighted by Gasteiger charge is -2.14. The molecule has 1 N–H and O–H groups in total. The van der Waals surface area contributed by atoms with Gasteiger partial charge in [-0.05, 0) is 5.56 Å². The average Bonchev–Trinajstić information content (AvgIpc) is 2.39. The van der Waals surface area contributed by atoms with Crippen LogP contribution >= 0.6 is 0 Å². The third kappa shape index (κ3) is 2.28. The normalized spacial score (nSPS) is 14.4. The number of rotatable bonds is 3. The first-order chi connectivity index (χ1) is 7.79. The average molecular weight is 214 g/mol. The van der Waals surface area contributed by atoms with E-state index in [4.69, 9.17) is 0 Å². The summed E-state index contributed by atoms with van der Waals surface area (Å²) in [5.74, 6) is 0. The van der Waals surface area contributed by atoms with E-state index in [0.29, 0.717) is 0 Å². The quantitative estimate of drug-likeness (QED) is 0.779. The van der Waals surface area contributed by atoms with Crippen molar-refractivity contribution in [3.05, 3.63) is 66.5 Å². The molecule has 2 rings (SSSR count). The van der Waals surface area contributed by atoms with Crippen molar-refractivity contribution >= 4 is 0 Å². The largest absolute Gasteiger partial charge is 0.381 e. The van der Waals surface area contributed by atoms with E-state index in [1.54, 1.807) is 0 Å². The number of aliphatic hydroxyl groups excluding tert-OH is 1. The van der Waals surface area contributed by atoms with Gasteiger partial charge in [0.1, 0.15) is 6.10 Å². The highest BCUT2D eigenvalue weighted by atomic mass is 16.3. The summed E-state index contributed by atoms with van der Waals surface area (Å²) in [5.41, 5.74) is 0.950. The predicted molar refractivity (Wildman–Crippen MR) is 62.7 cm³/mol. The maximum Gasteiger partial charge on any atom is 0.185 e. The zero-order chi connectivity index (χ0) is 11.4. The first-order valence-electron chi connectivity index (χ1n) is 5.48. The standard InChI is InChI=1S/C14H16NO/c1-12(15-10-6-3-7-11-15)14(16)13-8-4-2-5-9-13/h2-12,14,16H,1H3/q+1. The molecule has 2 nitrogen and oxygen atoms in total. The number of nitrogens with zero attached hydrogens (tertiary/aromatic N) is 1. The fourth-order valence-electron chi connectivity index (χ4n) is 1.78. The third-order valence-electron chi connectivity index (χ3n) is 2.81. The summed E-state index contributed by atoms with van der Waals surface area (Å²) >= 11 is 0. The molecule has 0 saturated heterocycles. The van der Waals surface area contributed by atoms with Crippen LogP contribution in [-0.2, 0) is 0 Å². The summed E-state index contributed by atoms with van der Waals surface area (Å²) in [6.45, 7) is 2.01. The summed E-state index contributed by atoms with van der Waals surface area (Å²) in [4.78, 5) is 0. The number of hydrogen-bond donors (Lipinski definition) is 1. The second-order valence-corrected chi connectivity index (χ2v) is 3.92. The Balaban J connectivity index is 2.20. The van der Waals surface area contributed by atoms with E-state index in [0.717, 1.165) is 5.56 Å². The van der Waals surface area contributed by atoms with Gasteiger partial charge in [0.25, 0.3) is 0 Å². The van der Waals surface area contributed by atoms with Crippen molar-refractivity contribution in [2.45, 2.75) is 19.1 Å². The molecule has 1 aromatic carbocycles. The predicted octanol–water partition coefficient (Wildman–Crippen LogP) is 2.27. The van der Waals surface area contributed by atoms with Gasteiger partial charge in [-0.3, -0.25) is 0 Å². The highest BCUT2D eigenvalue weighted by Crippen LogP contribution is 2.20. The molecule has 1 heterocycles. The molecule has 2 aromatic rings. The second kappa shape index (κ2) is 4.90. The molecule has 0 saturated carbocycles. The van der Waals surface area contributed by atoms with Crippen molar-refractivity contribution in [2.24, 2.45) is 0 Å². The zero-order valence-electron chi connectivity index (χ0n) is 9.32. The molecular weight excluding hydrogens is 198 g/mol. The van der Waals surface area contributed by atoms with Crippen LogP contribution in [-0.4, -0.2) is 5.11 Å². The molecular formula is C14H16NO+. The SMILES string of the molecule is CC(C(O)c1ccccc1)[n+]1ccccc1. The highest BCUT2D eigenvalue weighted by molar-refractivity contribution is 5.17. The molecule has 16 heavy (non-hydrogen) atoms. The van der Waals surface area contributed by atoms with Crippen LogP contribution in [0.15, 0.2) is 60.9 Å². The zero-order valence-corrected chi connectivity index (χ0v) is 9.32. The molecule has 2 atom stereocenters. The Labute approximate surface area is 95.8 Å². The summed E-state index contributed by atoms with van der Waals surface area (Å²) < 4.78 is 2.01. The molecule has 0 spiro atoms. The number of pyridine rings is 1. The first-order valence-corrected chi connectivity index (χ1v) is 5.48. The summed E-state index contributed by atoms with van der Waals surface area (Å²) in [6, 6.07) is 15.7. The molecule has 0 aliphatic carbocycles. The van der Waals surface area contributed by atoms with E-state index in [9.17, 15) is 5.11 Å². The molecule has 0 aliphatic heterocycles. The topological polar surface area (TPSA) is 24.1 Å². The van der Waals surface area contributed by atoms with Crippen LogP contribution in [0.4, 0.5) is 0 Å². The Bertz CT molecular complexity index is 384.